The lowest BCUT2D eigenvalue weighted by atomic mass is 9.86. The Kier molecular flexibility index (Phi) is 4.53. The summed E-state index contributed by atoms with van der Waals surface area (Å²) in [7, 11) is 0. The minimum Gasteiger partial charge on any atom is -0.508 e. The number of hydrogen-bond acceptors (Lipinski definition) is 3. The largest absolute Gasteiger partial charge is 0.508 e. The van der Waals surface area contributed by atoms with Crippen molar-refractivity contribution in [3.8, 4) is 5.75 Å². The maximum absolute atomic E-state index is 10.0. The average molecular weight is 283 g/mol. The molecule has 0 aliphatic carbocycles. The predicted molar refractivity (Wildman–Crippen MR) is 83.6 cm³/mol. The van der Waals surface area contributed by atoms with Crippen LogP contribution in [0.25, 0.3) is 0 Å². The molecule has 0 bridgehead atoms. The third-order valence-electron chi connectivity index (χ3n) is 4.06. The third kappa shape index (κ3) is 3.43. The molecule has 1 saturated heterocycles. The van der Waals surface area contributed by atoms with Crippen LogP contribution in [0, 0.1) is 0 Å². The summed E-state index contributed by atoms with van der Waals surface area (Å²) >= 11 is 0. The van der Waals surface area contributed by atoms with E-state index >= 15 is 0 Å². The molecule has 3 rings (SSSR count). The molecule has 0 amide bonds. The number of aromatic hydroxyl groups is 1. The van der Waals surface area contributed by atoms with Crippen LogP contribution >= 0.6 is 0 Å². The van der Waals surface area contributed by atoms with Gasteiger partial charge in [0.2, 0.25) is 0 Å². The standard InChI is InChI=1S/C18H21NO2/c20-17-9-5-4-8-15(17)12-16(14-6-2-1-3-7-14)18-13-19-10-11-21-18/h1-9,16,18-20H,10-13H2/t16-,18-/m0/s1. The molecule has 1 heterocycles. The zero-order chi connectivity index (χ0) is 14.5. The number of para-hydroxylation sites is 1. The smallest absolute Gasteiger partial charge is 0.118 e. The Balaban J connectivity index is 1.87. The highest BCUT2D eigenvalue weighted by molar-refractivity contribution is 5.34. The van der Waals surface area contributed by atoms with Crippen LogP contribution in [0.4, 0.5) is 0 Å². The van der Waals surface area contributed by atoms with Crippen molar-refractivity contribution >= 4 is 0 Å². The molecule has 2 N–H and O–H groups in total. The van der Waals surface area contributed by atoms with Gasteiger partial charge in [0, 0.05) is 19.0 Å². The van der Waals surface area contributed by atoms with Gasteiger partial charge in [-0.25, -0.2) is 0 Å². The normalized spacial score (nSPS) is 20.1. The van der Waals surface area contributed by atoms with Crippen molar-refractivity contribution in [3.05, 3.63) is 65.7 Å². The zero-order valence-electron chi connectivity index (χ0n) is 12.0. The molecule has 3 heteroatoms. The number of rotatable bonds is 4. The summed E-state index contributed by atoms with van der Waals surface area (Å²) in [5.74, 6) is 0.606. The summed E-state index contributed by atoms with van der Waals surface area (Å²) in [6.07, 6.45) is 0.920. The lowest BCUT2D eigenvalue weighted by Crippen LogP contribution is -2.42. The topological polar surface area (TPSA) is 41.5 Å². The maximum Gasteiger partial charge on any atom is 0.118 e. The first-order chi connectivity index (χ1) is 10.3. The molecule has 0 spiro atoms. The van der Waals surface area contributed by atoms with Crippen molar-refractivity contribution in [3.63, 3.8) is 0 Å². The van der Waals surface area contributed by atoms with Crippen LogP contribution in [0.5, 0.6) is 5.75 Å². The van der Waals surface area contributed by atoms with Crippen LogP contribution < -0.4 is 5.32 Å². The fourth-order valence-electron chi connectivity index (χ4n) is 2.93. The monoisotopic (exact) mass is 283 g/mol. The van der Waals surface area contributed by atoms with Gasteiger partial charge in [0.25, 0.3) is 0 Å². The first-order valence-corrected chi connectivity index (χ1v) is 7.49. The highest BCUT2D eigenvalue weighted by Crippen LogP contribution is 2.30. The van der Waals surface area contributed by atoms with Crippen LogP contribution in [0.1, 0.15) is 17.0 Å². The van der Waals surface area contributed by atoms with Gasteiger partial charge in [-0.2, -0.15) is 0 Å². The van der Waals surface area contributed by atoms with E-state index in [4.69, 9.17) is 4.74 Å². The molecule has 0 saturated carbocycles. The summed E-state index contributed by atoms with van der Waals surface area (Å²) in [4.78, 5) is 0. The molecule has 2 aromatic carbocycles. The SMILES string of the molecule is Oc1ccccc1C[C@@H](c1ccccc1)[C@@H]1CNCCO1. The number of phenols is 1. The summed E-state index contributed by atoms with van der Waals surface area (Å²) in [6, 6.07) is 18.0. The summed E-state index contributed by atoms with van der Waals surface area (Å²) in [5, 5.41) is 13.4. The second kappa shape index (κ2) is 6.74. The lowest BCUT2D eigenvalue weighted by molar-refractivity contribution is 0.0109. The molecule has 0 radical (unpaired) electrons. The zero-order valence-corrected chi connectivity index (χ0v) is 12.0. The van der Waals surface area contributed by atoms with Gasteiger partial charge in [0.05, 0.1) is 12.7 Å². The minimum atomic E-state index is 0.140. The number of benzene rings is 2. The Morgan fingerprint density at radius 3 is 2.57 bits per heavy atom. The van der Waals surface area contributed by atoms with Gasteiger partial charge in [-0.1, -0.05) is 48.5 Å². The predicted octanol–water partition coefficient (Wildman–Crippen LogP) is 2.71. The Bertz CT molecular complexity index is 564. The van der Waals surface area contributed by atoms with Crippen molar-refractivity contribution in [2.45, 2.75) is 18.4 Å². The fourth-order valence-corrected chi connectivity index (χ4v) is 2.93. The number of hydrogen-bond donors (Lipinski definition) is 2. The van der Waals surface area contributed by atoms with Gasteiger partial charge >= 0.3 is 0 Å². The van der Waals surface area contributed by atoms with Crippen LogP contribution in [0.15, 0.2) is 54.6 Å². The highest BCUT2D eigenvalue weighted by Gasteiger charge is 2.26. The molecule has 1 aliphatic heterocycles. The van der Waals surface area contributed by atoms with Crippen molar-refractivity contribution in [1.29, 1.82) is 0 Å². The molecule has 0 aromatic heterocycles. The van der Waals surface area contributed by atoms with Crippen molar-refractivity contribution < 1.29 is 9.84 Å². The van der Waals surface area contributed by atoms with Gasteiger partial charge in [-0.15, -0.1) is 0 Å². The van der Waals surface area contributed by atoms with E-state index in [0.29, 0.717) is 5.75 Å². The third-order valence-corrected chi connectivity index (χ3v) is 4.06. The summed E-state index contributed by atoms with van der Waals surface area (Å²) in [6.45, 7) is 2.51. The Hall–Kier alpha value is -1.84. The first kappa shape index (κ1) is 14.1. The van der Waals surface area contributed by atoms with E-state index in [1.807, 2.05) is 24.3 Å². The van der Waals surface area contributed by atoms with Gasteiger partial charge < -0.3 is 15.2 Å². The number of nitrogens with one attached hydrogen (secondary N) is 1. The molecule has 21 heavy (non-hydrogen) atoms. The molecule has 1 fully saturated rings. The van der Waals surface area contributed by atoms with Gasteiger partial charge in [0.15, 0.2) is 0 Å². The summed E-state index contributed by atoms with van der Waals surface area (Å²) < 4.78 is 5.96. The van der Waals surface area contributed by atoms with Crippen molar-refractivity contribution in [1.82, 2.24) is 5.32 Å². The minimum absolute atomic E-state index is 0.140. The molecule has 2 aromatic rings. The van der Waals surface area contributed by atoms with E-state index in [-0.39, 0.29) is 12.0 Å². The molecule has 110 valence electrons. The van der Waals surface area contributed by atoms with Crippen LogP contribution in [0.2, 0.25) is 0 Å². The quantitative estimate of drug-likeness (QED) is 0.906. The second-order valence-corrected chi connectivity index (χ2v) is 5.46. The molecule has 1 aliphatic rings. The molecular formula is C18H21NO2. The maximum atomic E-state index is 10.0. The average Bonchev–Trinajstić information content (AvgIpc) is 2.56. The van der Waals surface area contributed by atoms with Gasteiger partial charge in [-0.05, 0) is 23.6 Å². The number of morpholine rings is 1. The van der Waals surface area contributed by atoms with Crippen molar-refractivity contribution in [2.24, 2.45) is 0 Å². The van der Waals surface area contributed by atoms with E-state index in [2.05, 4.69) is 29.6 Å². The van der Waals surface area contributed by atoms with E-state index in [1.54, 1.807) is 6.07 Å². The van der Waals surface area contributed by atoms with Crippen LogP contribution in [-0.4, -0.2) is 30.9 Å². The van der Waals surface area contributed by atoms with Crippen molar-refractivity contribution in [2.75, 3.05) is 19.7 Å². The molecule has 0 unspecified atom stereocenters. The van der Waals surface area contributed by atoms with Crippen LogP contribution in [-0.2, 0) is 11.2 Å². The molecule has 2 atom stereocenters. The van der Waals surface area contributed by atoms with E-state index in [1.165, 1.54) is 5.56 Å². The molecule has 3 nitrogen and oxygen atoms in total. The Morgan fingerprint density at radius 2 is 1.86 bits per heavy atom. The van der Waals surface area contributed by atoms with E-state index < -0.39 is 0 Å². The molecular weight excluding hydrogens is 262 g/mol. The van der Waals surface area contributed by atoms with Gasteiger partial charge in [-0.3, -0.25) is 0 Å². The van der Waals surface area contributed by atoms with E-state index in [9.17, 15) is 5.11 Å². The number of ether oxygens (including phenoxy) is 1. The lowest BCUT2D eigenvalue weighted by Gasteiger charge is -2.31. The first-order valence-electron chi connectivity index (χ1n) is 7.49. The Morgan fingerprint density at radius 1 is 1.10 bits per heavy atom. The second-order valence-electron chi connectivity index (χ2n) is 5.46. The highest BCUT2D eigenvalue weighted by atomic mass is 16.5. The Labute approximate surface area is 125 Å². The fraction of sp³-hybridized carbons (Fsp3) is 0.333. The van der Waals surface area contributed by atoms with E-state index in [0.717, 1.165) is 31.7 Å². The number of phenolic OH excluding ortho intramolecular Hbond substituents is 1. The van der Waals surface area contributed by atoms with Gasteiger partial charge in [0.1, 0.15) is 5.75 Å². The van der Waals surface area contributed by atoms with Crippen LogP contribution in [0.3, 0.4) is 0 Å². The summed E-state index contributed by atoms with van der Waals surface area (Å²) in [5.41, 5.74) is 2.23.